The highest BCUT2D eigenvalue weighted by Gasteiger charge is 2.35. The fourth-order valence-electron chi connectivity index (χ4n) is 1.08. The minimum atomic E-state index is -2.97. The van der Waals surface area contributed by atoms with Crippen LogP contribution in [0, 0.1) is 11.3 Å². The van der Waals surface area contributed by atoms with Crippen LogP contribution in [0.5, 0.6) is 0 Å². The van der Waals surface area contributed by atoms with Crippen LogP contribution in [0.3, 0.4) is 0 Å². The number of hydrogen-bond donors (Lipinski definition) is 0. The molecule has 0 spiro atoms. The SMILES string of the molecule is C/C(=C/P1(=O)OCC(C)(C)CO1)C(C)C. The summed E-state index contributed by atoms with van der Waals surface area (Å²) in [6.07, 6.45) is 0. The lowest BCUT2D eigenvalue weighted by Crippen LogP contribution is -2.29. The van der Waals surface area contributed by atoms with Crippen molar-refractivity contribution in [2.24, 2.45) is 11.3 Å². The molecule has 0 aliphatic carbocycles. The van der Waals surface area contributed by atoms with E-state index in [1.54, 1.807) is 5.82 Å². The summed E-state index contributed by atoms with van der Waals surface area (Å²) in [7, 11) is -2.97. The van der Waals surface area contributed by atoms with E-state index in [1.807, 2.05) is 20.8 Å². The molecule has 88 valence electrons. The molecule has 0 N–H and O–H groups in total. The monoisotopic (exact) mass is 232 g/mol. The Hall–Kier alpha value is -0.110. The summed E-state index contributed by atoms with van der Waals surface area (Å²) < 4.78 is 22.8. The Morgan fingerprint density at radius 1 is 1.33 bits per heavy atom. The minimum absolute atomic E-state index is 0.0342. The molecule has 0 amide bonds. The standard InChI is InChI=1S/C11H21O3P/c1-9(2)10(3)6-15(12)13-7-11(4,5)8-14-15/h6,9H,7-8H2,1-5H3/b10-6-. The van der Waals surface area contributed by atoms with Gasteiger partial charge in [-0.1, -0.05) is 33.3 Å². The summed E-state index contributed by atoms with van der Waals surface area (Å²) in [6, 6.07) is 0. The molecule has 3 nitrogen and oxygen atoms in total. The van der Waals surface area contributed by atoms with Crippen LogP contribution in [-0.4, -0.2) is 13.2 Å². The first kappa shape index (κ1) is 13.0. The van der Waals surface area contributed by atoms with Crippen LogP contribution >= 0.6 is 7.60 Å². The molecule has 4 heteroatoms. The van der Waals surface area contributed by atoms with Crippen molar-refractivity contribution >= 4 is 7.60 Å². The highest BCUT2D eigenvalue weighted by Crippen LogP contribution is 2.55. The number of rotatable bonds is 2. The summed E-state index contributed by atoms with van der Waals surface area (Å²) in [5, 5.41) is 0. The van der Waals surface area contributed by atoms with Gasteiger partial charge < -0.3 is 9.05 Å². The molecule has 0 saturated carbocycles. The number of allylic oxidation sites excluding steroid dienone is 1. The molecule has 15 heavy (non-hydrogen) atoms. The topological polar surface area (TPSA) is 35.5 Å². The summed E-state index contributed by atoms with van der Waals surface area (Å²) in [5.41, 5.74) is 1.02. The van der Waals surface area contributed by atoms with E-state index in [-0.39, 0.29) is 5.41 Å². The molecule has 0 radical (unpaired) electrons. The summed E-state index contributed by atoms with van der Waals surface area (Å²) in [6.45, 7) is 11.1. The van der Waals surface area contributed by atoms with Crippen molar-refractivity contribution in [2.75, 3.05) is 13.2 Å². The van der Waals surface area contributed by atoms with Crippen molar-refractivity contribution < 1.29 is 13.6 Å². The second kappa shape index (κ2) is 4.40. The van der Waals surface area contributed by atoms with E-state index in [0.29, 0.717) is 19.1 Å². The molecule has 1 rings (SSSR count). The molecule has 0 bridgehead atoms. The molecule has 0 atom stereocenters. The molecule has 0 aromatic heterocycles. The maximum atomic E-state index is 12.1. The van der Waals surface area contributed by atoms with Crippen LogP contribution in [0.2, 0.25) is 0 Å². The van der Waals surface area contributed by atoms with Crippen molar-refractivity contribution in [1.82, 2.24) is 0 Å². The average molecular weight is 232 g/mol. The Morgan fingerprint density at radius 2 is 1.80 bits per heavy atom. The first-order valence-corrected chi connectivity index (χ1v) is 6.93. The zero-order valence-electron chi connectivity index (χ0n) is 10.2. The van der Waals surface area contributed by atoms with Gasteiger partial charge in [0.2, 0.25) is 0 Å². The highest BCUT2D eigenvalue weighted by molar-refractivity contribution is 7.57. The van der Waals surface area contributed by atoms with Crippen molar-refractivity contribution in [3.8, 4) is 0 Å². The smallest absolute Gasteiger partial charge is 0.305 e. The predicted octanol–water partition coefficient (Wildman–Crippen LogP) is 3.81. The lowest BCUT2D eigenvalue weighted by molar-refractivity contribution is 0.0456. The second-order valence-corrected chi connectivity index (χ2v) is 7.13. The van der Waals surface area contributed by atoms with Crippen LogP contribution in [0.4, 0.5) is 0 Å². The highest BCUT2D eigenvalue weighted by atomic mass is 31.2. The van der Waals surface area contributed by atoms with E-state index >= 15 is 0 Å². The largest absolute Gasteiger partial charge is 0.354 e. The lowest BCUT2D eigenvalue weighted by atomic mass is 9.97. The van der Waals surface area contributed by atoms with Crippen molar-refractivity contribution in [2.45, 2.75) is 34.6 Å². The van der Waals surface area contributed by atoms with Crippen molar-refractivity contribution in [1.29, 1.82) is 0 Å². The van der Waals surface area contributed by atoms with Gasteiger partial charge in [-0.25, -0.2) is 0 Å². The summed E-state index contributed by atoms with van der Waals surface area (Å²) in [5.74, 6) is 2.03. The van der Waals surface area contributed by atoms with E-state index in [1.165, 1.54) is 0 Å². The van der Waals surface area contributed by atoms with Gasteiger partial charge in [-0.2, -0.15) is 0 Å². The van der Waals surface area contributed by atoms with Crippen LogP contribution in [0.15, 0.2) is 11.4 Å². The zero-order valence-corrected chi connectivity index (χ0v) is 11.1. The maximum absolute atomic E-state index is 12.1. The fraction of sp³-hybridized carbons (Fsp3) is 0.818. The summed E-state index contributed by atoms with van der Waals surface area (Å²) in [4.78, 5) is 0. The Labute approximate surface area is 92.4 Å². The lowest BCUT2D eigenvalue weighted by Gasteiger charge is -2.33. The van der Waals surface area contributed by atoms with Crippen molar-refractivity contribution in [3.05, 3.63) is 11.4 Å². The molecule has 0 aromatic rings. The van der Waals surface area contributed by atoms with Gasteiger partial charge >= 0.3 is 7.60 Å². The van der Waals surface area contributed by atoms with Gasteiger partial charge in [0.1, 0.15) is 0 Å². The molecule has 1 heterocycles. The van der Waals surface area contributed by atoms with E-state index < -0.39 is 7.60 Å². The summed E-state index contributed by atoms with van der Waals surface area (Å²) >= 11 is 0. The normalized spacial score (nSPS) is 25.6. The quantitative estimate of drug-likeness (QED) is 0.679. The first-order chi connectivity index (χ1) is 6.74. The predicted molar refractivity (Wildman–Crippen MR) is 61.9 cm³/mol. The van der Waals surface area contributed by atoms with Gasteiger partial charge in [-0.05, 0) is 12.8 Å². The molecule has 0 aromatic carbocycles. The third-order valence-electron chi connectivity index (χ3n) is 2.54. The average Bonchev–Trinajstić information content (AvgIpc) is 2.11. The van der Waals surface area contributed by atoms with Gasteiger partial charge in [-0.15, -0.1) is 0 Å². The fourth-order valence-corrected chi connectivity index (χ4v) is 3.16. The minimum Gasteiger partial charge on any atom is -0.305 e. The maximum Gasteiger partial charge on any atom is 0.354 e. The van der Waals surface area contributed by atoms with Gasteiger partial charge in [0.25, 0.3) is 0 Å². The van der Waals surface area contributed by atoms with Gasteiger partial charge in [0.15, 0.2) is 0 Å². The molecule has 1 fully saturated rings. The zero-order chi connectivity index (χ0) is 11.7. The number of hydrogen-bond acceptors (Lipinski definition) is 3. The molecular weight excluding hydrogens is 211 g/mol. The van der Waals surface area contributed by atoms with E-state index in [4.69, 9.17) is 9.05 Å². The molecule has 1 saturated heterocycles. The van der Waals surface area contributed by atoms with E-state index in [2.05, 4.69) is 13.8 Å². The van der Waals surface area contributed by atoms with E-state index in [9.17, 15) is 4.57 Å². The van der Waals surface area contributed by atoms with Crippen molar-refractivity contribution in [3.63, 3.8) is 0 Å². The van der Waals surface area contributed by atoms with Crippen LogP contribution in [-0.2, 0) is 13.6 Å². The Bertz CT molecular complexity index is 291. The van der Waals surface area contributed by atoms with Gasteiger partial charge in [0.05, 0.1) is 13.2 Å². The molecular formula is C11H21O3P. The third kappa shape index (κ3) is 3.75. The van der Waals surface area contributed by atoms with Crippen LogP contribution in [0.25, 0.3) is 0 Å². The Morgan fingerprint density at radius 3 is 2.20 bits per heavy atom. The Balaban J connectivity index is 2.72. The van der Waals surface area contributed by atoms with E-state index in [0.717, 1.165) is 5.57 Å². The third-order valence-corrected chi connectivity index (χ3v) is 4.24. The first-order valence-electron chi connectivity index (χ1n) is 5.32. The van der Waals surface area contributed by atoms with Gasteiger partial charge in [-0.3, -0.25) is 4.57 Å². The molecule has 1 aliphatic heterocycles. The van der Waals surface area contributed by atoms with Gasteiger partial charge in [0, 0.05) is 11.2 Å². The van der Waals surface area contributed by atoms with Crippen LogP contribution < -0.4 is 0 Å². The van der Waals surface area contributed by atoms with Crippen LogP contribution in [0.1, 0.15) is 34.6 Å². The molecule has 0 unspecified atom stereocenters. The second-order valence-electron chi connectivity index (χ2n) is 5.28. The Kier molecular flexibility index (Phi) is 3.80. The molecule has 1 aliphatic rings.